The Balaban J connectivity index is 1.36. The molecule has 9 heteroatoms. The number of hydrogen-bond acceptors (Lipinski definition) is 7. The number of carbonyl (C=O) groups is 3. The zero-order chi connectivity index (χ0) is 22.5. The summed E-state index contributed by atoms with van der Waals surface area (Å²) in [6.45, 7) is 2.16. The van der Waals surface area contributed by atoms with Gasteiger partial charge in [-0.25, -0.2) is 9.78 Å². The molecule has 0 saturated carbocycles. The van der Waals surface area contributed by atoms with E-state index >= 15 is 0 Å². The fourth-order valence-corrected chi connectivity index (χ4v) is 3.75. The molecule has 2 heterocycles. The Hall–Kier alpha value is -3.72. The Morgan fingerprint density at radius 2 is 2.03 bits per heavy atom. The summed E-state index contributed by atoms with van der Waals surface area (Å²) in [7, 11) is 0. The van der Waals surface area contributed by atoms with Crippen LogP contribution in [0.2, 0.25) is 0 Å². The molecule has 3 aromatic rings. The minimum atomic E-state index is -1.02. The summed E-state index contributed by atoms with van der Waals surface area (Å²) >= 11 is 1.33. The van der Waals surface area contributed by atoms with E-state index in [1.54, 1.807) is 52.9 Å². The first kappa shape index (κ1) is 21.5. The first-order valence-corrected chi connectivity index (χ1v) is 11.0. The highest BCUT2D eigenvalue weighted by Gasteiger charge is 2.23. The Bertz CT molecular complexity index is 1130. The number of amides is 2. The van der Waals surface area contributed by atoms with Crippen molar-refractivity contribution in [3.8, 4) is 10.9 Å². The zero-order valence-electron chi connectivity index (χ0n) is 17.3. The van der Waals surface area contributed by atoms with Crippen molar-refractivity contribution in [3.05, 3.63) is 65.7 Å². The van der Waals surface area contributed by atoms with Crippen molar-refractivity contribution >= 4 is 40.5 Å². The van der Waals surface area contributed by atoms with Gasteiger partial charge in [-0.3, -0.25) is 9.59 Å². The first-order valence-electron chi connectivity index (χ1n) is 10.1. The second-order valence-electron chi connectivity index (χ2n) is 7.16. The highest BCUT2D eigenvalue weighted by atomic mass is 32.1. The molecule has 0 aliphatic carbocycles. The third-order valence-corrected chi connectivity index (χ3v) is 5.48. The maximum Gasteiger partial charge on any atom is 0.339 e. The molecule has 2 aromatic carbocycles. The fraction of sp³-hybridized carbons (Fsp3) is 0.217. The highest BCUT2D eigenvalue weighted by molar-refractivity contribution is 7.11. The maximum atomic E-state index is 12.6. The van der Waals surface area contributed by atoms with Crippen LogP contribution in [0.5, 0.6) is 10.9 Å². The third-order valence-electron chi connectivity index (χ3n) is 4.84. The summed E-state index contributed by atoms with van der Waals surface area (Å²) in [6.07, 6.45) is 1.94. The molecule has 32 heavy (non-hydrogen) atoms. The number of thiazole rings is 1. The van der Waals surface area contributed by atoms with Gasteiger partial charge in [0.2, 0.25) is 5.91 Å². The van der Waals surface area contributed by atoms with E-state index in [0.29, 0.717) is 29.6 Å². The van der Waals surface area contributed by atoms with Crippen LogP contribution in [0.25, 0.3) is 0 Å². The molecule has 0 radical (unpaired) electrons. The van der Waals surface area contributed by atoms with E-state index in [1.165, 1.54) is 24.3 Å². The summed E-state index contributed by atoms with van der Waals surface area (Å²) < 4.78 is 10.9. The quantitative estimate of drug-likeness (QED) is 0.540. The van der Waals surface area contributed by atoms with Crippen LogP contribution in [0.15, 0.2) is 60.1 Å². The van der Waals surface area contributed by atoms with E-state index in [0.717, 1.165) is 12.1 Å². The largest absolute Gasteiger partial charge is 0.449 e. The second-order valence-corrected chi connectivity index (χ2v) is 8.02. The number of ether oxygens (including phenoxy) is 2. The van der Waals surface area contributed by atoms with Gasteiger partial charge in [0.15, 0.2) is 6.10 Å². The van der Waals surface area contributed by atoms with Crippen LogP contribution >= 0.6 is 11.3 Å². The number of nitrogens with one attached hydrogen (secondary N) is 1. The molecule has 4 rings (SSSR count). The number of benzene rings is 2. The number of nitrogens with zero attached hydrogens (tertiary/aromatic N) is 2. The van der Waals surface area contributed by atoms with Crippen molar-refractivity contribution in [1.29, 1.82) is 0 Å². The van der Waals surface area contributed by atoms with E-state index < -0.39 is 18.0 Å². The van der Waals surface area contributed by atoms with Gasteiger partial charge in [0.05, 0.1) is 5.56 Å². The molecule has 1 saturated heterocycles. The van der Waals surface area contributed by atoms with Crippen LogP contribution in [-0.2, 0) is 14.3 Å². The van der Waals surface area contributed by atoms with E-state index in [-0.39, 0.29) is 11.5 Å². The van der Waals surface area contributed by atoms with Crippen LogP contribution in [-0.4, -0.2) is 35.4 Å². The van der Waals surface area contributed by atoms with Gasteiger partial charge in [0.1, 0.15) is 5.75 Å². The van der Waals surface area contributed by atoms with Crippen LogP contribution in [0.4, 0.5) is 11.4 Å². The first-order chi connectivity index (χ1) is 15.5. The summed E-state index contributed by atoms with van der Waals surface area (Å²) in [5.74, 6) is -0.608. The molecule has 0 spiro atoms. The molecular weight excluding hydrogens is 430 g/mol. The van der Waals surface area contributed by atoms with E-state index in [9.17, 15) is 14.4 Å². The number of rotatable bonds is 7. The normalized spacial score (nSPS) is 14.2. The summed E-state index contributed by atoms with van der Waals surface area (Å²) in [4.78, 5) is 42.8. The van der Waals surface area contributed by atoms with Crippen molar-refractivity contribution < 1.29 is 23.9 Å². The number of anilines is 2. The van der Waals surface area contributed by atoms with E-state index in [2.05, 4.69) is 10.3 Å². The van der Waals surface area contributed by atoms with Crippen LogP contribution < -0.4 is 15.0 Å². The lowest BCUT2D eigenvalue weighted by Crippen LogP contribution is -2.30. The van der Waals surface area contributed by atoms with Gasteiger partial charge in [-0.2, -0.15) is 0 Å². The van der Waals surface area contributed by atoms with E-state index in [4.69, 9.17) is 9.47 Å². The summed E-state index contributed by atoms with van der Waals surface area (Å²) in [5, 5.41) is 4.98. The molecule has 8 nitrogen and oxygen atoms in total. The van der Waals surface area contributed by atoms with E-state index in [1.807, 2.05) is 6.07 Å². The number of aromatic nitrogens is 1. The van der Waals surface area contributed by atoms with Crippen LogP contribution in [0.1, 0.15) is 30.1 Å². The molecule has 0 bridgehead atoms. The predicted octanol–water partition coefficient (Wildman–Crippen LogP) is 4.25. The zero-order valence-corrected chi connectivity index (χ0v) is 18.1. The number of esters is 1. The van der Waals surface area contributed by atoms with Gasteiger partial charge in [-0.1, -0.05) is 23.5 Å². The highest BCUT2D eigenvalue weighted by Crippen LogP contribution is 2.25. The molecule has 1 fully saturated rings. The third kappa shape index (κ3) is 5.12. The van der Waals surface area contributed by atoms with Crippen molar-refractivity contribution in [2.24, 2.45) is 0 Å². The van der Waals surface area contributed by atoms with Crippen LogP contribution in [0.3, 0.4) is 0 Å². The van der Waals surface area contributed by atoms with Crippen molar-refractivity contribution in [1.82, 2.24) is 4.98 Å². The summed E-state index contributed by atoms with van der Waals surface area (Å²) in [6, 6.07) is 13.5. The minimum Gasteiger partial charge on any atom is -0.449 e. The Morgan fingerprint density at radius 1 is 1.19 bits per heavy atom. The van der Waals surface area contributed by atoms with Gasteiger partial charge in [-0.05, 0) is 49.7 Å². The molecule has 164 valence electrons. The minimum absolute atomic E-state index is 0.0665. The monoisotopic (exact) mass is 451 g/mol. The summed E-state index contributed by atoms with van der Waals surface area (Å²) in [5.41, 5.74) is 1.51. The Labute approximate surface area is 188 Å². The Morgan fingerprint density at radius 3 is 2.78 bits per heavy atom. The topological polar surface area (TPSA) is 97.8 Å². The fourth-order valence-electron chi connectivity index (χ4n) is 3.25. The number of hydrogen-bond donors (Lipinski definition) is 1. The number of carbonyl (C=O) groups excluding carboxylic acids is 3. The molecule has 1 aliphatic rings. The van der Waals surface area contributed by atoms with Crippen molar-refractivity contribution in [2.75, 3.05) is 16.8 Å². The smallest absolute Gasteiger partial charge is 0.339 e. The van der Waals surface area contributed by atoms with Crippen LogP contribution in [0, 0.1) is 0 Å². The standard InChI is InChI=1S/C23H21N3O5S/c1-15(21(28)25-17-6-3-7-18(14-17)26-11-4-9-20(26)27)30-22(29)16-5-2-8-19(13-16)31-23-24-10-12-32-23/h2-3,5-8,10,12-15H,4,9,11H2,1H3,(H,25,28). The van der Waals surface area contributed by atoms with Gasteiger partial charge < -0.3 is 19.7 Å². The van der Waals surface area contributed by atoms with Gasteiger partial charge in [0, 0.05) is 35.9 Å². The lowest BCUT2D eigenvalue weighted by atomic mass is 10.2. The average molecular weight is 452 g/mol. The van der Waals surface area contributed by atoms with Crippen molar-refractivity contribution in [2.45, 2.75) is 25.9 Å². The average Bonchev–Trinajstić information content (AvgIpc) is 3.45. The second kappa shape index (κ2) is 9.61. The van der Waals surface area contributed by atoms with Crippen molar-refractivity contribution in [3.63, 3.8) is 0 Å². The molecule has 1 atom stereocenters. The SMILES string of the molecule is CC(OC(=O)c1cccc(Oc2nccs2)c1)C(=O)Nc1cccc(N2CCCC2=O)c1. The van der Waals surface area contributed by atoms with Gasteiger partial charge in [0.25, 0.3) is 11.1 Å². The Kier molecular flexibility index (Phi) is 6.46. The predicted molar refractivity (Wildman–Crippen MR) is 120 cm³/mol. The molecule has 1 unspecified atom stereocenters. The lowest BCUT2D eigenvalue weighted by Gasteiger charge is -2.18. The molecule has 1 aliphatic heterocycles. The molecule has 1 aromatic heterocycles. The molecular formula is C23H21N3O5S. The molecule has 2 amide bonds. The van der Waals surface area contributed by atoms with Gasteiger partial charge in [-0.15, -0.1) is 0 Å². The molecule has 1 N–H and O–H groups in total. The maximum absolute atomic E-state index is 12.6. The van der Waals surface area contributed by atoms with Gasteiger partial charge >= 0.3 is 5.97 Å². The lowest BCUT2D eigenvalue weighted by molar-refractivity contribution is -0.123.